The maximum absolute atomic E-state index is 13.0. The topological polar surface area (TPSA) is 58.6 Å². The Hall–Kier alpha value is -3.41. The summed E-state index contributed by atoms with van der Waals surface area (Å²) in [5.41, 5.74) is 7.90. The first kappa shape index (κ1) is 23.7. The van der Waals surface area contributed by atoms with Crippen molar-refractivity contribution in [3.05, 3.63) is 70.3 Å². The molecule has 6 heteroatoms. The molecule has 1 aliphatic heterocycles. The van der Waals surface area contributed by atoms with Gasteiger partial charge in [0.05, 0.1) is 5.69 Å². The lowest BCUT2D eigenvalue weighted by molar-refractivity contribution is -0.138. The van der Waals surface area contributed by atoms with Crippen LogP contribution < -0.4 is 9.64 Å². The molecule has 2 aromatic carbocycles. The first-order valence-electron chi connectivity index (χ1n) is 11.9. The van der Waals surface area contributed by atoms with Crippen molar-refractivity contribution in [1.82, 2.24) is 15.1 Å². The lowest BCUT2D eigenvalue weighted by Gasteiger charge is -2.36. The zero-order chi connectivity index (χ0) is 24.4. The van der Waals surface area contributed by atoms with Crippen molar-refractivity contribution >= 4 is 11.7 Å². The third-order valence-electron chi connectivity index (χ3n) is 6.68. The Balaban J connectivity index is 1.36. The van der Waals surface area contributed by atoms with E-state index in [9.17, 15) is 4.79 Å². The summed E-state index contributed by atoms with van der Waals surface area (Å²) in [6, 6.07) is 14.5. The molecule has 1 fully saturated rings. The van der Waals surface area contributed by atoms with Crippen LogP contribution in [0.1, 0.15) is 34.7 Å². The largest absolute Gasteiger partial charge is 0.481 e. The summed E-state index contributed by atoms with van der Waals surface area (Å²) in [5.74, 6) is 1.64. The first-order chi connectivity index (χ1) is 16.2. The number of rotatable bonds is 5. The van der Waals surface area contributed by atoms with Crippen LogP contribution in [0, 0.1) is 34.6 Å². The van der Waals surface area contributed by atoms with Gasteiger partial charge in [0.15, 0.2) is 11.9 Å². The number of aromatic nitrogens is 2. The molecule has 0 bridgehead atoms. The minimum Gasteiger partial charge on any atom is -0.481 e. The van der Waals surface area contributed by atoms with Crippen molar-refractivity contribution in [1.29, 1.82) is 0 Å². The van der Waals surface area contributed by atoms with Crippen LogP contribution >= 0.6 is 0 Å². The molecule has 1 amide bonds. The van der Waals surface area contributed by atoms with Crippen LogP contribution in [-0.2, 0) is 4.79 Å². The van der Waals surface area contributed by atoms with Gasteiger partial charge in [0.1, 0.15) is 5.75 Å². The lowest BCUT2D eigenvalue weighted by atomic mass is 9.99. The molecule has 0 aliphatic carbocycles. The Morgan fingerprint density at radius 2 is 1.53 bits per heavy atom. The van der Waals surface area contributed by atoms with Crippen LogP contribution in [-0.4, -0.2) is 53.3 Å². The number of carbonyl (C=O) groups is 1. The minimum atomic E-state index is -0.521. The summed E-state index contributed by atoms with van der Waals surface area (Å²) in [4.78, 5) is 17.0. The van der Waals surface area contributed by atoms with Gasteiger partial charge in [-0.05, 0) is 93.6 Å². The number of anilines is 1. The molecule has 0 radical (unpaired) electrons. The molecule has 1 aromatic heterocycles. The van der Waals surface area contributed by atoms with Gasteiger partial charge in [0.2, 0.25) is 0 Å². The molecule has 1 saturated heterocycles. The summed E-state index contributed by atoms with van der Waals surface area (Å²) in [7, 11) is 0. The van der Waals surface area contributed by atoms with Gasteiger partial charge in [0.25, 0.3) is 5.91 Å². The van der Waals surface area contributed by atoms with Crippen molar-refractivity contribution in [3.8, 4) is 17.0 Å². The van der Waals surface area contributed by atoms with Crippen molar-refractivity contribution in [2.24, 2.45) is 0 Å². The molecule has 178 valence electrons. The number of hydrogen-bond donors (Lipinski definition) is 0. The quantitative estimate of drug-likeness (QED) is 0.550. The third kappa shape index (κ3) is 5.06. The fourth-order valence-electron chi connectivity index (χ4n) is 4.36. The van der Waals surface area contributed by atoms with Gasteiger partial charge in [-0.15, -0.1) is 10.2 Å². The molecule has 0 spiro atoms. The van der Waals surface area contributed by atoms with E-state index >= 15 is 0 Å². The number of amides is 1. The Labute approximate surface area is 202 Å². The van der Waals surface area contributed by atoms with Crippen molar-refractivity contribution in [2.45, 2.75) is 47.6 Å². The summed E-state index contributed by atoms with van der Waals surface area (Å²) in [5, 5.41) is 9.01. The van der Waals surface area contributed by atoms with Crippen molar-refractivity contribution < 1.29 is 9.53 Å². The van der Waals surface area contributed by atoms with Gasteiger partial charge in [-0.3, -0.25) is 4.79 Å². The highest BCUT2D eigenvalue weighted by Crippen LogP contribution is 2.26. The van der Waals surface area contributed by atoms with Crippen LogP contribution in [0.15, 0.2) is 42.5 Å². The second-order valence-electron chi connectivity index (χ2n) is 9.37. The van der Waals surface area contributed by atoms with Crippen LogP contribution in [0.5, 0.6) is 5.75 Å². The highest BCUT2D eigenvalue weighted by molar-refractivity contribution is 5.81. The van der Waals surface area contributed by atoms with E-state index in [2.05, 4.69) is 48.0 Å². The fraction of sp³-hybridized carbons (Fsp3) is 0.393. The molecular weight excluding hydrogens is 424 g/mol. The van der Waals surface area contributed by atoms with Crippen LogP contribution in [0.2, 0.25) is 0 Å². The number of hydrogen-bond acceptors (Lipinski definition) is 5. The van der Waals surface area contributed by atoms with Gasteiger partial charge >= 0.3 is 0 Å². The monoisotopic (exact) mass is 458 g/mol. The summed E-state index contributed by atoms with van der Waals surface area (Å²) in [6.45, 7) is 14.9. The van der Waals surface area contributed by atoms with Gasteiger partial charge in [0, 0.05) is 31.7 Å². The van der Waals surface area contributed by atoms with E-state index in [0.29, 0.717) is 13.1 Å². The average molecular weight is 459 g/mol. The second-order valence-corrected chi connectivity index (χ2v) is 9.37. The second kappa shape index (κ2) is 9.84. The molecule has 0 N–H and O–H groups in total. The van der Waals surface area contributed by atoms with Crippen molar-refractivity contribution in [3.63, 3.8) is 0 Å². The molecule has 6 nitrogen and oxygen atoms in total. The van der Waals surface area contributed by atoms with E-state index < -0.39 is 6.10 Å². The van der Waals surface area contributed by atoms with Crippen LogP contribution in [0.4, 0.5) is 5.82 Å². The molecule has 34 heavy (non-hydrogen) atoms. The highest BCUT2D eigenvalue weighted by Gasteiger charge is 2.27. The lowest BCUT2D eigenvalue weighted by Crippen LogP contribution is -2.52. The van der Waals surface area contributed by atoms with E-state index in [1.807, 2.05) is 56.0 Å². The predicted molar refractivity (Wildman–Crippen MR) is 136 cm³/mol. The smallest absolute Gasteiger partial charge is 0.263 e. The molecule has 3 aromatic rings. The maximum Gasteiger partial charge on any atom is 0.263 e. The van der Waals surface area contributed by atoms with E-state index in [0.717, 1.165) is 47.0 Å². The number of carbonyl (C=O) groups excluding carboxylic acids is 1. The van der Waals surface area contributed by atoms with Gasteiger partial charge in [-0.2, -0.15) is 0 Å². The normalized spacial score (nSPS) is 14.8. The van der Waals surface area contributed by atoms with E-state index in [1.54, 1.807) is 0 Å². The number of benzene rings is 2. The zero-order valence-corrected chi connectivity index (χ0v) is 21.1. The number of aryl methyl sites for hydroxylation is 5. The zero-order valence-electron chi connectivity index (χ0n) is 21.1. The van der Waals surface area contributed by atoms with Crippen LogP contribution in [0.25, 0.3) is 11.3 Å². The SMILES string of the molecule is Cc1ccc(C)c(OC(C)C(=O)N2CCN(c3ccc(-c4cc(C)c(C)cc4C)nn3)CC2)c1. The molecule has 4 rings (SSSR count). The molecule has 1 unspecified atom stereocenters. The molecule has 1 aliphatic rings. The summed E-state index contributed by atoms with van der Waals surface area (Å²) >= 11 is 0. The Morgan fingerprint density at radius 1 is 0.824 bits per heavy atom. The number of ether oxygens (including phenoxy) is 1. The standard InChI is InChI=1S/C28H34N4O2/c1-18-7-8-19(2)26(15-18)34-23(6)28(33)32-13-11-31(12-14-32)27-10-9-25(29-30-27)24-17-21(4)20(3)16-22(24)5/h7-10,15-17,23H,11-14H2,1-6H3. The Bertz CT molecular complexity index is 1180. The summed E-state index contributed by atoms with van der Waals surface area (Å²) < 4.78 is 6.01. The third-order valence-corrected chi connectivity index (χ3v) is 6.68. The average Bonchev–Trinajstić information content (AvgIpc) is 2.83. The van der Waals surface area contributed by atoms with Gasteiger partial charge in [-0.1, -0.05) is 18.2 Å². The number of piperazine rings is 1. The molecule has 2 heterocycles. The maximum atomic E-state index is 13.0. The van der Waals surface area contributed by atoms with Crippen molar-refractivity contribution in [2.75, 3.05) is 31.1 Å². The van der Waals surface area contributed by atoms with E-state index in [-0.39, 0.29) is 5.91 Å². The highest BCUT2D eigenvalue weighted by atomic mass is 16.5. The fourth-order valence-corrected chi connectivity index (χ4v) is 4.36. The first-order valence-corrected chi connectivity index (χ1v) is 11.9. The van der Waals surface area contributed by atoms with Gasteiger partial charge < -0.3 is 14.5 Å². The van der Waals surface area contributed by atoms with Gasteiger partial charge in [-0.25, -0.2) is 0 Å². The summed E-state index contributed by atoms with van der Waals surface area (Å²) in [6.07, 6.45) is -0.521. The molecular formula is C28H34N4O2. The Morgan fingerprint density at radius 3 is 2.21 bits per heavy atom. The molecule has 1 atom stereocenters. The minimum absolute atomic E-state index is 0.0206. The van der Waals surface area contributed by atoms with Crippen LogP contribution in [0.3, 0.4) is 0 Å². The number of nitrogens with zero attached hydrogens (tertiary/aromatic N) is 4. The van der Waals surface area contributed by atoms with E-state index in [1.165, 1.54) is 16.7 Å². The Kier molecular flexibility index (Phi) is 6.87. The van der Waals surface area contributed by atoms with E-state index in [4.69, 9.17) is 4.74 Å². The predicted octanol–water partition coefficient (Wildman–Crippen LogP) is 4.80. The molecule has 0 saturated carbocycles.